The largest absolute Gasteiger partial charge is 0.481 e. The second-order valence-electron chi connectivity index (χ2n) is 4.44. The van der Waals surface area contributed by atoms with Gasteiger partial charge in [0.15, 0.2) is 0 Å². The normalized spacial score (nSPS) is 15.8. The average molecular weight is 287 g/mol. The number of ether oxygens (including phenoxy) is 1. The third-order valence-electron chi connectivity index (χ3n) is 2.99. The molecule has 0 atom stereocenters. The van der Waals surface area contributed by atoms with Gasteiger partial charge in [-0.2, -0.15) is 0 Å². The Morgan fingerprint density at radius 2 is 1.85 bits per heavy atom. The van der Waals surface area contributed by atoms with Crippen molar-refractivity contribution in [3.8, 4) is 0 Å². The first-order valence-corrected chi connectivity index (χ1v) is 6.65. The Morgan fingerprint density at radius 1 is 1.20 bits per heavy atom. The maximum absolute atomic E-state index is 11.8. The number of nitrogens with zero attached hydrogens (tertiary/aromatic N) is 2. The molecule has 8 heteroatoms. The molecule has 0 unspecified atom stereocenters. The molecule has 0 bridgehead atoms. The molecule has 8 nitrogen and oxygen atoms in total. The van der Waals surface area contributed by atoms with E-state index in [4.69, 9.17) is 9.84 Å². The Hall–Kier alpha value is -1.83. The minimum Gasteiger partial charge on any atom is -0.481 e. The fraction of sp³-hybridized carbons (Fsp3) is 0.750. The van der Waals surface area contributed by atoms with Gasteiger partial charge < -0.3 is 20.1 Å². The first-order valence-electron chi connectivity index (χ1n) is 6.65. The third-order valence-corrected chi connectivity index (χ3v) is 2.99. The monoisotopic (exact) mass is 287 g/mol. The van der Waals surface area contributed by atoms with E-state index in [1.54, 1.807) is 11.8 Å². The number of carbonyl (C=O) groups excluding carboxylic acids is 2. The van der Waals surface area contributed by atoms with Crippen molar-refractivity contribution in [3.05, 3.63) is 0 Å². The quantitative estimate of drug-likeness (QED) is 0.630. The van der Waals surface area contributed by atoms with Gasteiger partial charge in [0.25, 0.3) is 0 Å². The summed E-state index contributed by atoms with van der Waals surface area (Å²) in [6.07, 6.45) is 0.106. The Morgan fingerprint density at radius 3 is 2.40 bits per heavy atom. The Balaban J connectivity index is 2.21. The summed E-state index contributed by atoms with van der Waals surface area (Å²) in [6, 6.07) is -0.295. The Labute approximate surface area is 117 Å². The van der Waals surface area contributed by atoms with Crippen molar-refractivity contribution >= 4 is 18.0 Å². The van der Waals surface area contributed by atoms with Crippen LogP contribution in [0.5, 0.6) is 0 Å². The number of carboxylic acids is 1. The molecule has 1 heterocycles. The summed E-state index contributed by atoms with van der Waals surface area (Å²) in [5.74, 6) is -1.28. The van der Waals surface area contributed by atoms with Crippen LogP contribution in [0, 0.1) is 0 Å². The van der Waals surface area contributed by atoms with E-state index < -0.39 is 11.9 Å². The SMILES string of the molecule is CCOC(=O)CNC(=O)N1CCN(CCC(=O)O)CC1. The highest BCUT2D eigenvalue weighted by Crippen LogP contribution is 2.02. The lowest BCUT2D eigenvalue weighted by Crippen LogP contribution is -2.52. The zero-order chi connectivity index (χ0) is 15.0. The molecule has 2 amide bonds. The number of rotatable bonds is 6. The molecule has 2 N–H and O–H groups in total. The molecule has 0 saturated carbocycles. The van der Waals surface area contributed by atoms with Crippen molar-refractivity contribution in [3.63, 3.8) is 0 Å². The molecule has 1 rings (SSSR count). The summed E-state index contributed by atoms with van der Waals surface area (Å²) in [5, 5.41) is 11.1. The van der Waals surface area contributed by atoms with Gasteiger partial charge >= 0.3 is 18.0 Å². The van der Waals surface area contributed by atoms with Crippen LogP contribution < -0.4 is 5.32 Å². The van der Waals surface area contributed by atoms with Crippen LogP contribution in [0.3, 0.4) is 0 Å². The smallest absolute Gasteiger partial charge is 0.325 e. The van der Waals surface area contributed by atoms with Crippen LogP contribution in [0.2, 0.25) is 0 Å². The number of nitrogens with one attached hydrogen (secondary N) is 1. The Kier molecular flexibility index (Phi) is 6.78. The summed E-state index contributed by atoms with van der Waals surface area (Å²) in [6.45, 7) is 4.68. The summed E-state index contributed by atoms with van der Waals surface area (Å²) in [4.78, 5) is 37.0. The molecule has 0 spiro atoms. The van der Waals surface area contributed by atoms with Crippen molar-refractivity contribution < 1.29 is 24.2 Å². The van der Waals surface area contributed by atoms with Crippen LogP contribution in [-0.4, -0.2) is 78.8 Å². The van der Waals surface area contributed by atoms with Gasteiger partial charge in [-0.25, -0.2) is 4.79 Å². The first kappa shape index (κ1) is 16.2. The molecule has 0 aliphatic carbocycles. The molecular weight excluding hydrogens is 266 g/mol. The molecule has 1 fully saturated rings. The number of hydrogen-bond acceptors (Lipinski definition) is 5. The zero-order valence-corrected chi connectivity index (χ0v) is 11.6. The molecule has 20 heavy (non-hydrogen) atoms. The highest BCUT2D eigenvalue weighted by atomic mass is 16.5. The van der Waals surface area contributed by atoms with E-state index in [9.17, 15) is 14.4 Å². The van der Waals surface area contributed by atoms with Gasteiger partial charge in [-0.15, -0.1) is 0 Å². The Bertz CT molecular complexity index is 353. The van der Waals surface area contributed by atoms with Crippen LogP contribution >= 0.6 is 0 Å². The van der Waals surface area contributed by atoms with Gasteiger partial charge in [0.05, 0.1) is 13.0 Å². The second-order valence-corrected chi connectivity index (χ2v) is 4.44. The minimum absolute atomic E-state index is 0.106. The number of carbonyl (C=O) groups is 3. The third kappa shape index (κ3) is 5.87. The van der Waals surface area contributed by atoms with Crippen LogP contribution in [0.1, 0.15) is 13.3 Å². The van der Waals surface area contributed by atoms with Crippen molar-refractivity contribution in [2.75, 3.05) is 45.9 Å². The molecule has 1 saturated heterocycles. The summed E-state index contributed by atoms with van der Waals surface area (Å²) >= 11 is 0. The van der Waals surface area contributed by atoms with E-state index in [2.05, 4.69) is 5.32 Å². The van der Waals surface area contributed by atoms with Crippen LogP contribution in [0.25, 0.3) is 0 Å². The number of aliphatic carboxylic acids is 1. The highest BCUT2D eigenvalue weighted by molar-refractivity contribution is 5.80. The molecule has 114 valence electrons. The lowest BCUT2D eigenvalue weighted by molar-refractivity contribution is -0.142. The number of piperazine rings is 1. The summed E-state index contributed by atoms with van der Waals surface area (Å²) < 4.78 is 4.72. The second kappa shape index (κ2) is 8.36. The zero-order valence-electron chi connectivity index (χ0n) is 11.6. The van der Waals surface area contributed by atoms with Crippen molar-refractivity contribution in [2.45, 2.75) is 13.3 Å². The average Bonchev–Trinajstić information content (AvgIpc) is 2.43. The van der Waals surface area contributed by atoms with Crippen LogP contribution in [0.15, 0.2) is 0 Å². The van der Waals surface area contributed by atoms with E-state index in [0.717, 1.165) is 0 Å². The lowest BCUT2D eigenvalue weighted by atomic mass is 10.3. The number of urea groups is 1. The summed E-state index contributed by atoms with van der Waals surface area (Å²) in [5.41, 5.74) is 0. The molecule has 0 aromatic rings. The van der Waals surface area contributed by atoms with E-state index in [-0.39, 0.29) is 25.6 Å². The minimum atomic E-state index is -0.820. The van der Waals surface area contributed by atoms with E-state index in [0.29, 0.717) is 32.7 Å². The van der Waals surface area contributed by atoms with Crippen LogP contribution in [-0.2, 0) is 14.3 Å². The highest BCUT2D eigenvalue weighted by Gasteiger charge is 2.21. The van der Waals surface area contributed by atoms with Gasteiger partial charge in [-0.3, -0.25) is 14.5 Å². The van der Waals surface area contributed by atoms with Gasteiger partial charge in [-0.1, -0.05) is 0 Å². The first-order chi connectivity index (χ1) is 9.52. The molecule has 0 aromatic carbocycles. The molecule has 1 aliphatic heterocycles. The van der Waals surface area contributed by atoms with Gasteiger partial charge in [0, 0.05) is 32.7 Å². The molecule has 0 radical (unpaired) electrons. The predicted octanol–water partition coefficient (Wildman–Crippen LogP) is -0.649. The number of hydrogen-bond donors (Lipinski definition) is 2. The van der Waals surface area contributed by atoms with Crippen molar-refractivity contribution in [1.29, 1.82) is 0 Å². The van der Waals surface area contributed by atoms with Gasteiger partial charge in [0.1, 0.15) is 6.54 Å². The van der Waals surface area contributed by atoms with Gasteiger partial charge in [-0.05, 0) is 6.92 Å². The molecular formula is C12H21N3O5. The maximum Gasteiger partial charge on any atom is 0.325 e. The number of esters is 1. The predicted molar refractivity (Wildman–Crippen MR) is 70.3 cm³/mol. The fourth-order valence-corrected chi connectivity index (χ4v) is 1.90. The number of carboxylic acid groups (broad SMARTS) is 1. The molecule has 0 aromatic heterocycles. The van der Waals surface area contributed by atoms with Crippen LogP contribution in [0.4, 0.5) is 4.79 Å². The van der Waals surface area contributed by atoms with E-state index in [1.165, 1.54) is 0 Å². The standard InChI is InChI=1S/C12H21N3O5/c1-2-20-11(18)9-13-12(19)15-7-5-14(6-8-15)4-3-10(16)17/h2-9H2,1H3,(H,13,19)(H,16,17). The topological polar surface area (TPSA) is 99.2 Å². The number of amides is 2. The molecule has 1 aliphatic rings. The lowest BCUT2D eigenvalue weighted by Gasteiger charge is -2.34. The van der Waals surface area contributed by atoms with Crippen molar-refractivity contribution in [2.24, 2.45) is 0 Å². The van der Waals surface area contributed by atoms with Gasteiger partial charge in [0.2, 0.25) is 0 Å². The van der Waals surface area contributed by atoms with Crippen molar-refractivity contribution in [1.82, 2.24) is 15.1 Å². The van der Waals surface area contributed by atoms with E-state index in [1.807, 2.05) is 4.90 Å². The maximum atomic E-state index is 11.8. The summed E-state index contributed by atoms with van der Waals surface area (Å²) in [7, 11) is 0. The fourth-order valence-electron chi connectivity index (χ4n) is 1.90. The van der Waals surface area contributed by atoms with E-state index >= 15 is 0 Å².